The molecule has 0 unspecified atom stereocenters. The molecule has 0 saturated carbocycles. The molecule has 8 heteroatoms. The lowest BCUT2D eigenvalue weighted by Crippen LogP contribution is -2.23. The highest BCUT2D eigenvalue weighted by molar-refractivity contribution is 7.99. The predicted molar refractivity (Wildman–Crippen MR) is 100.0 cm³/mol. The topological polar surface area (TPSA) is 76.9 Å². The zero-order chi connectivity index (χ0) is 18.7. The predicted octanol–water partition coefficient (Wildman–Crippen LogP) is 2.99. The highest BCUT2D eigenvalue weighted by atomic mass is 32.2. The van der Waals surface area contributed by atoms with Gasteiger partial charge in [-0.3, -0.25) is 14.2 Å². The Morgan fingerprint density at radius 1 is 1.35 bits per heavy atom. The van der Waals surface area contributed by atoms with Crippen LogP contribution in [0.2, 0.25) is 0 Å². The minimum atomic E-state index is -0.377. The molecule has 0 saturated heterocycles. The van der Waals surface area contributed by atoms with E-state index in [1.807, 2.05) is 6.92 Å². The van der Waals surface area contributed by atoms with E-state index in [2.05, 4.69) is 15.3 Å². The van der Waals surface area contributed by atoms with Crippen LogP contribution < -0.4 is 10.9 Å². The summed E-state index contributed by atoms with van der Waals surface area (Å²) >= 11 is 1.14. The van der Waals surface area contributed by atoms with Crippen molar-refractivity contribution in [2.75, 3.05) is 11.1 Å². The first-order chi connectivity index (χ1) is 12.5. The van der Waals surface area contributed by atoms with E-state index >= 15 is 0 Å². The maximum atomic E-state index is 13.6. The maximum absolute atomic E-state index is 13.6. The van der Waals surface area contributed by atoms with E-state index in [-0.39, 0.29) is 23.0 Å². The largest absolute Gasteiger partial charge is 0.325 e. The van der Waals surface area contributed by atoms with Gasteiger partial charge in [-0.2, -0.15) is 0 Å². The minimum absolute atomic E-state index is 0.0419. The van der Waals surface area contributed by atoms with Gasteiger partial charge in [-0.05, 0) is 43.7 Å². The summed E-state index contributed by atoms with van der Waals surface area (Å²) in [5, 5.41) is 3.51. The van der Waals surface area contributed by atoms with E-state index in [0.29, 0.717) is 34.0 Å². The molecule has 0 fully saturated rings. The van der Waals surface area contributed by atoms with E-state index in [9.17, 15) is 14.0 Å². The van der Waals surface area contributed by atoms with Crippen molar-refractivity contribution in [3.63, 3.8) is 0 Å². The number of thioether (sulfide) groups is 1. The van der Waals surface area contributed by atoms with Gasteiger partial charge in [0.05, 0.1) is 11.1 Å². The molecule has 1 N–H and O–H groups in total. The normalized spacial score (nSPS) is 10.9. The molecule has 3 rings (SSSR count). The smallest absolute Gasteiger partial charge is 0.263 e. The molecule has 0 atom stereocenters. The molecule has 26 heavy (non-hydrogen) atoms. The van der Waals surface area contributed by atoms with Crippen LogP contribution >= 0.6 is 11.8 Å². The summed E-state index contributed by atoms with van der Waals surface area (Å²) in [6.07, 6.45) is 1.57. The average molecular weight is 372 g/mol. The summed E-state index contributed by atoms with van der Waals surface area (Å²) in [5.74, 6) is -0.644. The lowest BCUT2D eigenvalue weighted by atomic mass is 10.2. The Labute approximate surface area is 153 Å². The van der Waals surface area contributed by atoms with Crippen LogP contribution in [0.25, 0.3) is 11.0 Å². The summed E-state index contributed by atoms with van der Waals surface area (Å²) in [6.45, 7) is 3.93. The summed E-state index contributed by atoms with van der Waals surface area (Å²) in [7, 11) is 0. The van der Waals surface area contributed by atoms with Crippen LogP contribution in [0, 0.1) is 12.7 Å². The number of hydrogen-bond donors (Lipinski definition) is 1. The second-order valence-corrected chi connectivity index (χ2v) is 6.56. The van der Waals surface area contributed by atoms with Crippen molar-refractivity contribution >= 4 is 34.4 Å². The van der Waals surface area contributed by atoms with Crippen molar-refractivity contribution in [2.24, 2.45) is 0 Å². The molecule has 2 heterocycles. The van der Waals surface area contributed by atoms with E-state index in [1.54, 1.807) is 37.4 Å². The number of anilines is 1. The number of benzene rings is 1. The Hall–Kier alpha value is -2.74. The van der Waals surface area contributed by atoms with Crippen molar-refractivity contribution in [3.8, 4) is 0 Å². The van der Waals surface area contributed by atoms with Crippen LogP contribution in [0.3, 0.4) is 0 Å². The minimum Gasteiger partial charge on any atom is -0.325 e. The number of halogens is 1. The summed E-state index contributed by atoms with van der Waals surface area (Å²) in [5.41, 5.74) is 1.07. The van der Waals surface area contributed by atoms with Gasteiger partial charge in [0.25, 0.3) is 5.56 Å². The summed E-state index contributed by atoms with van der Waals surface area (Å²) in [6, 6.07) is 7.88. The number of amides is 1. The maximum Gasteiger partial charge on any atom is 0.263 e. The van der Waals surface area contributed by atoms with Crippen LogP contribution in [0.5, 0.6) is 0 Å². The number of rotatable bonds is 5. The fourth-order valence-corrected chi connectivity index (χ4v) is 3.27. The van der Waals surface area contributed by atoms with Crippen molar-refractivity contribution in [2.45, 2.75) is 25.5 Å². The third-order valence-electron chi connectivity index (χ3n) is 3.80. The number of nitrogens with one attached hydrogen (secondary N) is 1. The number of carbonyl (C=O) groups excluding carboxylic acids is 1. The van der Waals surface area contributed by atoms with E-state index in [0.717, 1.165) is 11.8 Å². The van der Waals surface area contributed by atoms with Crippen LogP contribution in [0.4, 0.5) is 10.1 Å². The zero-order valence-corrected chi connectivity index (χ0v) is 15.1. The quantitative estimate of drug-likeness (QED) is 0.550. The number of pyridine rings is 1. The van der Waals surface area contributed by atoms with Crippen molar-refractivity contribution in [1.82, 2.24) is 14.5 Å². The van der Waals surface area contributed by atoms with Gasteiger partial charge in [0.2, 0.25) is 5.91 Å². The third kappa shape index (κ3) is 3.75. The lowest BCUT2D eigenvalue weighted by Gasteiger charge is -2.11. The Bertz CT molecular complexity index is 1040. The molecular formula is C18H17FN4O2S. The molecule has 6 nitrogen and oxygen atoms in total. The average Bonchev–Trinajstić information content (AvgIpc) is 2.63. The number of nitrogens with zero attached hydrogens (tertiary/aromatic N) is 3. The first-order valence-electron chi connectivity index (χ1n) is 8.04. The summed E-state index contributed by atoms with van der Waals surface area (Å²) < 4.78 is 15.1. The first-order valence-corrected chi connectivity index (χ1v) is 9.02. The summed E-state index contributed by atoms with van der Waals surface area (Å²) in [4.78, 5) is 33.2. The highest BCUT2D eigenvalue weighted by Gasteiger charge is 2.13. The molecular weight excluding hydrogens is 355 g/mol. The molecule has 1 aromatic carbocycles. The third-order valence-corrected chi connectivity index (χ3v) is 4.78. The molecule has 0 aliphatic rings. The van der Waals surface area contributed by atoms with E-state index in [4.69, 9.17) is 0 Å². The second-order valence-electron chi connectivity index (χ2n) is 5.62. The molecule has 0 aliphatic carbocycles. The Balaban J connectivity index is 1.77. The van der Waals surface area contributed by atoms with Crippen LogP contribution in [0.1, 0.15) is 12.5 Å². The molecule has 0 spiro atoms. The molecule has 134 valence electrons. The van der Waals surface area contributed by atoms with Crippen molar-refractivity contribution < 1.29 is 9.18 Å². The lowest BCUT2D eigenvalue weighted by molar-refractivity contribution is -0.113. The number of carbonyl (C=O) groups is 1. The van der Waals surface area contributed by atoms with Gasteiger partial charge < -0.3 is 5.32 Å². The fourth-order valence-electron chi connectivity index (χ4n) is 2.42. The molecule has 0 aliphatic heterocycles. The Morgan fingerprint density at radius 3 is 2.88 bits per heavy atom. The molecule has 2 aromatic heterocycles. The van der Waals surface area contributed by atoms with Gasteiger partial charge in [-0.1, -0.05) is 17.8 Å². The van der Waals surface area contributed by atoms with Crippen molar-refractivity contribution in [1.29, 1.82) is 0 Å². The fraction of sp³-hybridized carbons (Fsp3) is 0.222. The zero-order valence-electron chi connectivity index (χ0n) is 14.3. The second kappa shape index (κ2) is 7.65. The van der Waals surface area contributed by atoms with Gasteiger partial charge in [-0.15, -0.1) is 0 Å². The van der Waals surface area contributed by atoms with Gasteiger partial charge in [0.1, 0.15) is 5.82 Å². The first kappa shape index (κ1) is 18.1. The van der Waals surface area contributed by atoms with E-state index in [1.165, 1.54) is 10.6 Å². The van der Waals surface area contributed by atoms with E-state index < -0.39 is 0 Å². The van der Waals surface area contributed by atoms with Gasteiger partial charge in [0, 0.05) is 18.4 Å². The number of hydrogen-bond acceptors (Lipinski definition) is 5. The van der Waals surface area contributed by atoms with Crippen LogP contribution in [0.15, 0.2) is 46.5 Å². The van der Waals surface area contributed by atoms with Gasteiger partial charge in [0.15, 0.2) is 10.8 Å². The van der Waals surface area contributed by atoms with Gasteiger partial charge >= 0.3 is 0 Å². The Morgan fingerprint density at radius 2 is 2.15 bits per heavy atom. The SMILES string of the molecule is CCn1c(SCC(=O)Nc2ccc(C)c(F)c2)nc2ncccc2c1=O. The van der Waals surface area contributed by atoms with Crippen LogP contribution in [-0.4, -0.2) is 26.2 Å². The van der Waals surface area contributed by atoms with Crippen LogP contribution in [-0.2, 0) is 11.3 Å². The molecule has 0 bridgehead atoms. The monoisotopic (exact) mass is 372 g/mol. The number of aryl methyl sites for hydroxylation is 1. The highest BCUT2D eigenvalue weighted by Crippen LogP contribution is 2.18. The molecule has 1 amide bonds. The number of fused-ring (bicyclic) bond motifs is 1. The number of aromatic nitrogens is 3. The van der Waals surface area contributed by atoms with Crippen molar-refractivity contribution in [3.05, 3.63) is 58.3 Å². The van der Waals surface area contributed by atoms with Gasteiger partial charge in [-0.25, -0.2) is 14.4 Å². The Kier molecular flexibility index (Phi) is 5.32. The molecule has 3 aromatic rings. The standard InChI is InChI=1S/C18H17FN4O2S/c1-3-23-17(25)13-5-4-8-20-16(13)22-18(23)26-10-15(24)21-12-7-6-11(2)14(19)9-12/h4-9H,3,10H2,1-2H3,(H,21,24). The molecule has 0 radical (unpaired) electrons.